The fourth-order valence-electron chi connectivity index (χ4n) is 2.43. The van der Waals surface area contributed by atoms with Gasteiger partial charge in [0.15, 0.2) is 0 Å². The van der Waals surface area contributed by atoms with E-state index < -0.39 is 0 Å². The number of hydrogen-bond acceptors (Lipinski definition) is 3. The minimum Gasteiger partial charge on any atom is -0.343 e. The summed E-state index contributed by atoms with van der Waals surface area (Å²) in [6.07, 6.45) is 1.60. The fourth-order valence-corrected chi connectivity index (χ4v) is 2.43. The molecule has 5 nitrogen and oxygen atoms in total. The van der Waals surface area contributed by atoms with Crippen molar-refractivity contribution in [1.29, 1.82) is 0 Å². The lowest BCUT2D eigenvalue weighted by Crippen LogP contribution is -2.34. The average Bonchev–Trinajstić information content (AvgIpc) is 2.67. The predicted octanol–water partition coefficient (Wildman–Crippen LogP) is 2.72. The first-order chi connectivity index (χ1) is 12.2. The van der Waals surface area contributed by atoms with Crippen LogP contribution in [-0.4, -0.2) is 24.6 Å². The minimum absolute atomic E-state index is 0.138. The van der Waals surface area contributed by atoms with Crippen molar-refractivity contribution in [1.82, 2.24) is 10.7 Å². The number of hydrogen-bond donors (Lipinski definition) is 2. The predicted molar refractivity (Wildman–Crippen MR) is 98.5 cm³/mol. The molecule has 0 aliphatic carbocycles. The molecule has 0 aliphatic rings. The third kappa shape index (κ3) is 4.29. The second-order valence-corrected chi connectivity index (χ2v) is 5.41. The summed E-state index contributed by atoms with van der Waals surface area (Å²) in [4.78, 5) is 23.7. The van der Waals surface area contributed by atoms with Crippen LogP contribution in [0.2, 0.25) is 0 Å². The normalized spacial score (nSPS) is 10.7. The standard InChI is InChI=1S/C20H17N3O2/c24-19(14-21-20(25)16-8-2-1-3-9-16)23-22-13-17-11-6-10-15-7-4-5-12-18(15)17/h1-13H,14H2,(H,21,25)(H,23,24)/b22-13+. The van der Waals surface area contributed by atoms with Crippen molar-refractivity contribution < 1.29 is 9.59 Å². The molecular weight excluding hydrogens is 314 g/mol. The van der Waals surface area contributed by atoms with Crippen LogP contribution in [0.25, 0.3) is 10.8 Å². The van der Waals surface area contributed by atoms with Crippen molar-refractivity contribution in [2.24, 2.45) is 5.10 Å². The highest BCUT2D eigenvalue weighted by Crippen LogP contribution is 2.16. The van der Waals surface area contributed by atoms with E-state index in [0.29, 0.717) is 5.56 Å². The molecule has 0 aliphatic heterocycles. The Kier molecular flexibility index (Phi) is 5.16. The number of fused-ring (bicyclic) bond motifs is 1. The van der Waals surface area contributed by atoms with Crippen molar-refractivity contribution in [3.63, 3.8) is 0 Å². The smallest absolute Gasteiger partial charge is 0.259 e. The SMILES string of the molecule is O=C(CNC(=O)c1ccccc1)N/N=C/c1cccc2ccccc12. The zero-order chi connectivity index (χ0) is 17.5. The molecule has 0 saturated heterocycles. The largest absolute Gasteiger partial charge is 0.343 e. The summed E-state index contributed by atoms with van der Waals surface area (Å²) in [5.74, 6) is -0.686. The molecule has 0 heterocycles. The van der Waals surface area contributed by atoms with Gasteiger partial charge in [0, 0.05) is 11.1 Å². The summed E-state index contributed by atoms with van der Waals surface area (Å²) in [6.45, 7) is -0.138. The zero-order valence-electron chi connectivity index (χ0n) is 13.5. The molecule has 5 heteroatoms. The first kappa shape index (κ1) is 16.4. The number of nitrogens with zero attached hydrogens (tertiary/aromatic N) is 1. The monoisotopic (exact) mass is 331 g/mol. The molecule has 3 rings (SSSR count). The fraction of sp³-hybridized carbons (Fsp3) is 0.0500. The Morgan fingerprint density at radius 1 is 0.880 bits per heavy atom. The van der Waals surface area contributed by atoms with Gasteiger partial charge in [-0.3, -0.25) is 9.59 Å². The van der Waals surface area contributed by atoms with Gasteiger partial charge in [-0.2, -0.15) is 5.10 Å². The Labute approximate surface area is 145 Å². The highest BCUT2D eigenvalue weighted by atomic mass is 16.2. The third-order valence-corrected chi connectivity index (χ3v) is 3.66. The Balaban J connectivity index is 1.55. The molecule has 0 radical (unpaired) electrons. The molecule has 0 aromatic heterocycles. The van der Waals surface area contributed by atoms with E-state index in [0.717, 1.165) is 16.3 Å². The van der Waals surface area contributed by atoms with Gasteiger partial charge in [0.05, 0.1) is 12.8 Å². The van der Waals surface area contributed by atoms with Gasteiger partial charge >= 0.3 is 0 Å². The van der Waals surface area contributed by atoms with Crippen molar-refractivity contribution in [2.75, 3.05) is 6.54 Å². The third-order valence-electron chi connectivity index (χ3n) is 3.66. The molecule has 2 amide bonds. The van der Waals surface area contributed by atoms with Gasteiger partial charge in [0.25, 0.3) is 11.8 Å². The molecular formula is C20H17N3O2. The molecule has 0 atom stereocenters. The highest BCUT2D eigenvalue weighted by Gasteiger charge is 2.06. The van der Waals surface area contributed by atoms with Gasteiger partial charge in [-0.05, 0) is 22.9 Å². The molecule has 25 heavy (non-hydrogen) atoms. The van der Waals surface area contributed by atoms with Crippen LogP contribution in [0.4, 0.5) is 0 Å². The van der Waals surface area contributed by atoms with Gasteiger partial charge in [-0.15, -0.1) is 0 Å². The molecule has 2 N–H and O–H groups in total. The summed E-state index contributed by atoms with van der Waals surface area (Å²) in [5.41, 5.74) is 3.84. The van der Waals surface area contributed by atoms with E-state index in [1.807, 2.05) is 48.5 Å². The number of hydrazone groups is 1. The molecule has 3 aromatic rings. The number of benzene rings is 3. The lowest BCUT2D eigenvalue weighted by atomic mass is 10.1. The molecule has 0 spiro atoms. The Bertz CT molecular complexity index is 915. The zero-order valence-corrected chi connectivity index (χ0v) is 13.5. The van der Waals surface area contributed by atoms with Crippen molar-refractivity contribution in [2.45, 2.75) is 0 Å². The number of rotatable bonds is 5. The number of carbonyl (C=O) groups excluding carboxylic acids is 2. The van der Waals surface area contributed by atoms with E-state index in [1.165, 1.54) is 0 Å². The summed E-state index contributed by atoms with van der Waals surface area (Å²) >= 11 is 0. The van der Waals surface area contributed by atoms with Crippen LogP contribution >= 0.6 is 0 Å². The lowest BCUT2D eigenvalue weighted by molar-refractivity contribution is -0.120. The van der Waals surface area contributed by atoms with Gasteiger partial charge in [0.2, 0.25) is 0 Å². The van der Waals surface area contributed by atoms with E-state index in [1.54, 1.807) is 30.5 Å². The minimum atomic E-state index is -0.388. The topological polar surface area (TPSA) is 70.6 Å². The van der Waals surface area contributed by atoms with Crippen LogP contribution < -0.4 is 10.7 Å². The first-order valence-corrected chi connectivity index (χ1v) is 7.87. The van der Waals surface area contributed by atoms with Crippen LogP contribution in [0, 0.1) is 0 Å². The van der Waals surface area contributed by atoms with Crippen LogP contribution in [0.3, 0.4) is 0 Å². The first-order valence-electron chi connectivity index (χ1n) is 7.87. The number of amides is 2. The quantitative estimate of drug-likeness (QED) is 0.557. The lowest BCUT2D eigenvalue weighted by Gasteiger charge is -2.04. The van der Waals surface area contributed by atoms with E-state index in [4.69, 9.17) is 0 Å². The Morgan fingerprint density at radius 2 is 1.60 bits per heavy atom. The average molecular weight is 331 g/mol. The molecule has 0 unspecified atom stereocenters. The Hall–Kier alpha value is -3.47. The maximum atomic E-state index is 11.9. The molecule has 0 fully saturated rings. The summed E-state index contributed by atoms with van der Waals surface area (Å²) in [7, 11) is 0. The van der Waals surface area contributed by atoms with Crippen molar-refractivity contribution in [3.05, 3.63) is 83.9 Å². The summed E-state index contributed by atoms with van der Waals surface area (Å²) < 4.78 is 0. The molecule has 0 bridgehead atoms. The summed E-state index contributed by atoms with van der Waals surface area (Å²) in [6, 6.07) is 22.6. The maximum absolute atomic E-state index is 11.9. The van der Waals surface area contributed by atoms with Gasteiger partial charge in [-0.25, -0.2) is 5.43 Å². The van der Waals surface area contributed by atoms with Crippen LogP contribution in [0.15, 0.2) is 77.9 Å². The van der Waals surface area contributed by atoms with E-state index >= 15 is 0 Å². The van der Waals surface area contributed by atoms with Crippen molar-refractivity contribution in [3.8, 4) is 0 Å². The van der Waals surface area contributed by atoms with E-state index in [2.05, 4.69) is 15.8 Å². The highest BCUT2D eigenvalue weighted by molar-refractivity contribution is 6.00. The van der Waals surface area contributed by atoms with Crippen LogP contribution in [0.1, 0.15) is 15.9 Å². The van der Waals surface area contributed by atoms with Gasteiger partial charge < -0.3 is 5.32 Å². The van der Waals surface area contributed by atoms with E-state index in [9.17, 15) is 9.59 Å². The number of nitrogens with one attached hydrogen (secondary N) is 2. The second kappa shape index (κ2) is 7.88. The molecule has 3 aromatic carbocycles. The van der Waals surface area contributed by atoms with Gasteiger partial charge in [0.1, 0.15) is 0 Å². The second-order valence-electron chi connectivity index (χ2n) is 5.41. The Morgan fingerprint density at radius 3 is 2.44 bits per heavy atom. The van der Waals surface area contributed by atoms with Gasteiger partial charge in [-0.1, -0.05) is 60.7 Å². The summed E-state index contributed by atoms with van der Waals surface area (Å²) in [5, 5.41) is 8.68. The molecule has 0 saturated carbocycles. The maximum Gasteiger partial charge on any atom is 0.259 e. The van der Waals surface area contributed by atoms with Crippen LogP contribution in [0.5, 0.6) is 0 Å². The van der Waals surface area contributed by atoms with Crippen molar-refractivity contribution >= 4 is 28.8 Å². The molecule has 124 valence electrons. The number of carbonyl (C=O) groups is 2. The van der Waals surface area contributed by atoms with Crippen LogP contribution in [-0.2, 0) is 4.79 Å². The van der Waals surface area contributed by atoms with E-state index in [-0.39, 0.29) is 18.4 Å².